The highest BCUT2D eigenvalue weighted by molar-refractivity contribution is 6.05. The molecule has 1 aromatic carbocycles. The third kappa shape index (κ3) is 5.62. The number of carbonyl (C=O) groups is 2. The molecule has 0 saturated heterocycles. The minimum atomic E-state index is -0.955. The molecule has 0 aliphatic heterocycles. The monoisotopic (exact) mass is 379 g/mol. The summed E-state index contributed by atoms with van der Waals surface area (Å²) >= 11 is 0. The average molecular weight is 379 g/mol. The van der Waals surface area contributed by atoms with E-state index in [0.29, 0.717) is 24.0 Å². The van der Waals surface area contributed by atoms with Crippen molar-refractivity contribution in [2.75, 3.05) is 32.6 Å². The standard InChI is InChI=1S/C19H23F2N3O3/c1-4-27-19(26)17-11-14(12-24(17)9-5-8-23(2)3)22-18(25)15-7-6-13(20)10-16(15)21/h6-7,10-12H,4-5,8-9H2,1-3H3,(H,22,25). The van der Waals surface area contributed by atoms with E-state index in [1.54, 1.807) is 17.7 Å². The molecule has 0 unspecified atom stereocenters. The molecular weight excluding hydrogens is 356 g/mol. The molecule has 0 aliphatic rings. The number of esters is 1. The molecule has 0 aliphatic carbocycles. The normalized spacial score (nSPS) is 10.9. The van der Waals surface area contributed by atoms with Crippen molar-refractivity contribution in [2.24, 2.45) is 0 Å². The number of ether oxygens (including phenoxy) is 1. The van der Waals surface area contributed by atoms with Crippen LogP contribution in [0.5, 0.6) is 0 Å². The van der Waals surface area contributed by atoms with Crippen LogP contribution in [0.25, 0.3) is 0 Å². The first-order chi connectivity index (χ1) is 12.8. The Balaban J connectivity index is 2.20. The molecule has 6 nitrogen and oxygen atoms in total. The summed E-state index contributed by atoms with van der Waals surface area (Å²) in [5.41, 5.74) is 0.344. The van der Waals surface area contributed by atoms with Crippen molar-refractivity contribution in [3.05, 3.63) is 53.4 Å². The SMILES string of the molecule is CCOC(=O)c1cc(NC(=O)c2ccc(F)cc2F)cn1CCCN(C)C. The second kappa shape index (κ2) is 9.27. The molecule has 1 heterocycles. The van der Waals surface area contributed by atoms with Gasteiger partial charge in [-0.25, -0.2) is 13.6 Å². The van der Waals surface area contributed by atoms with Crippen LogP contribution >= 0.6 is 0 Å². The molecule has 0 radical (unpaired) electrons. The van der Waals surface area contributed by atoms with Gasteiger partial charge in [-0.3, -0.25) is 4.79 Å². The fourth-order valence-electron chi connectivity index (χ4n) is 2.57. The number of nitrogens with zero attached hydrogens (tertiary/aromatic N) is 2. The van der Waals surface area contributed by atoms with Crippen LogP contribution in [0.4, 0.5) is 14.5 Å². The van der Waals surface area contributed by atoms with Gasteiger partial charge in [0.05, 0.1) is 17.9 Å². The number of aryl methyl sites for hydroxylation is 1. The van der Waals surface area contributed by atoms with E-state index in [2.05, 4.69) is 5.32 Å². The van der Waals surface area contributed by atoms with E-state index < -0.39 is 23.5 Å². The van der Waals surface area contributed by atoms with Crippen molar-refractivity contribution in [1.82, 2.24) is 9.47 Å². The Morgan fingerprint density at radius 1 is 1.22 bits per heavy atom. The van der Waals surface area contributed by atoms with Gasteiger partial charge in [-0.1, -0.05) is 0 Å². The Hall–Kier alpha value is -2.74. The molecule has 146 valence electrons. The molecular formula is C19H23F2N3O3. The Labute approximate surface area is 156 Å². The third-order valence-corrected chi connectivity index (χ3v) is 3.82. The van der Waals surface area contributed by atoms with Gasteiger partial charge in [-0.2, -0.15) is 0 Å². The first kappa shape index (κ1) is 20.6. The molecule has 8 heteroatoms. The zero-order valence-electron chi connectivity index (χ0n) is 15.6. The zero-order chi connectivity index (χ0) is 20.0. The molecule has 0 fully saturated rings. The van der Waals surface area contributed by atoms with E-state index in [9.17, 15) is 18.4 Å². The highest BCUT2D eigenvalue weighted by Crippen LogP contribution is 2.18. The fourth-order valence-corrected chi connectivity index (χ4v) is 2.57. The second-order valence-corrected chi connectivity index (χ2v) is 6.26. The molecule has 1 aromatic heterocycles. The van der Waals surface area contributed by atoms with Crippen LogP contribution in [-0.2, 0) is 11.3 Å². The van der Waals surface area contributed by atoms with Crippen LogP contribution in [0.3, 0.4) is 0 Å². The summed E-state index contributed by atoms with van der Waals surface area (Å²) in [6, 6.07) is 4.20. The van der Waals surface area contributed by atoms with Crippen molar-refractivity contribution in [3.8, 4) is 0 Å². The number of halogens is 2. The summed E-state index contributed by atoms with van der Waals surface area (Å²) in [4.78, 5) is 26.4. The predicted octanol–water partition coefficient (Wildman–Crippen LogP) is 3.15. The van der Waals surface area contributed by atoms with Crippen molar-refractivity contribution in [2.45, 2.75) is 19.9 Å². The van der Waals surface area contributed by atoms with Gasteiger partial charge in [-0.05, 0) is 52.2 Å². The zero-order valence-corrected chi connectivity index (χ0v) is 15.6. The molecule has 0 atom stereocenters. The van der Waals surface area contributed by atoms with E-state index in [-0.39, 0.29) is 12.2 Å². The fraction of sp³-hybridized carbons (Fsp3) is 0.368. The van der Waals surface area contributed by atoms with Crippen LogP contribution in [-0.4, -0.2) is 48.6 Å². The van der Waals surface area contributed by atoms with Crippen molar-refractivity contribution in [3.63, 3.8) is 0 Å². The number of anilines is 1. The summed E-state index contributed by atoms with van der Waals surface area (Å²) < 4.78 is 33.5. The number of hydrogen-bond acceptors (Lipinski definition) is 4. The third-order valence-electron chi connectivity index (χ3n) is 3.82. The van der Waals surface area contributed by atoms with Crippen LogP contribution in [0, 0.1) is 11.6 Å². The molecule has 0 bridgehead atoms. The van der Waals surface area contributed by atoms with Crippen molar-refractivity contribution >= 4 is 17.6 Å². The van der Waals surface area contributed by atoms with E-state index in [1.807, 2.05) is 19.0 Å². The molecule has 2 aromatic rings. The maximum Gasteiger partial charge on any atom is 0.355 e. The lowest BCUT2D eigenvalue weighted by atomic mass is 10.2. The summed E-state index contributed by atoms with van der Waals surface area (Å²) in [5.74, 6) is -2.95. The first-order valence-corrected chi connectivity index (χ1v) is 8.60. The number of benzene rings is 1. The largest absolute Gasteiger partial charge is 0.461 e. The summed E-state index contributed by atoms with van der Waals surface area (Å²) in [7, 11) is 3.90. The van der Waals surface area contributed by atoms with Gasteiger partial charge in [0.2, 0.25) is 0 Å². The van der Waals surface area contributed by atoms with E-state index >= 15 is 0 Å². The summed E-state index contributed by atoms with van der Waals surface area (Å²) in [6.07, 6.45) is 2.38. The maximum absolute atomic E-state index is 13.8. The molecule has 1 N–H and O–H groups in total. The number of aromatic nitrogens is 1. The smallest absolute Gasteiger partial charge is 0.355 e. The van der Waals surface area contributed by atoms with Gasteiger partial charge in [0.15, 0.2) is 0 Å². The maximum atomic E-state index is 13.8. The van der Waals surface area contributed by atoms with E-state index in [1.165, 1.54) is 6.07 Å². The highest BCUT2D eigenvalue weighted by atomic mass is 19.1. The quantitative estimate of drug-likeness (QED) is 0.716. The van der Waals surface area contributed by atoms with Crippen LogP contribution in [0.1, 0.15) is 34.2 Å². The second-order valence-electron chi connectivity index (χ2n) is 6.26. The topological polar surface area (TPSA) is 63.6 Å². The number of amides is 1. The lowest BCUT2D eigenvalue weighted by Crippen LogP contribution is -2.17. The minimum Gasteiger partial charge on any atom is -0.461 e. The van der Waals surface area contributed by atoms with Crippen LogP contribution in [0.2, 0.25) is 0 Å². The lowest BCUT2D eigenvalue weighted by molar-refractivity contribution is 0.0513. The summed E-state index contributed by atoms with van der Waals surface area (Å²) in [6.45, 7) is 3.30. The Morgan fingerprint density at radius 2 is 1.96 bits per heavy atom. The lowest BCUT2D eigenvalue weighted by Gasteiger charge is -2.11. The Morgan fingerprint density at radius 3 is 2.59 bits per heavy atom. The van der Waals surface area contributed by atoms with Gasteiger partial charge >= 0.3 is 5.97 Å². The molecule has 27 heavy (non-hydrogen) atoms. The predicted molar refractivity (Wildman–Crippen MR) is 97.9 cm³/mol. The van der Waals surface area contributed by atoms with Gasteiger partial charge in [-0.15, -0.1) is 0 Å². The molecule has 0 saturated carbocycles. The Kier molecular flexibility index (Phi) is 7.06. The van der Waals surface area contributed by atoms with Crippen LogP contribution < -0.4 is 5.32 Å². The Bertz CT molecular complexity index is 819. The van der Waals surface area contributed by atoms with E-state index in [0.717, 1.165) is 25.1 Å². The van der Waals surface area contributed by atoms with E-state index in [4.69, 9.17) is 4.74 Å². The number of rotatable bonds is 8. The molecule has 0 spiro atoms. The minimum absolute atomic E-state index is 0.226. The molecule has 1 amide bonds. The van der Waals surface area contributed by atoms with Crippen LogP contribution in [0.15, 0.2) is 30.5 Å². The highest BCUT2D eigenvalue weighted by Gasteiger charge is 2.18. The van der Waals surface area contributed by atoms with Gasteiger partial charge in [0.1, 0.15) is 17.3 Å². The van der Waals surface area contributed by atoms with Gasteiger partial charge in [0.25, 0.3) is 5.91 Å². The van der Waals surface area contributed by atoms with Crippen molar-refractivity contribution < 1.29 is 23.1 Å². The summed E-state index contributed by atoms with van der Waals surface area (Å²) in [5, 5.41) is 2.54. The first-order valence-electron chi connectivity index (χ1n) is 8.60. The number of hydrogen-bond donors (Lipinski definition) is 1. The number of nitrogens with one attached hydrogen (secondary N) is 1. The van der Waals surface area contributed by atoms with Crippen molar-refractivity contribution in [1.29, 1.82) is 0 Å². The van der Waals surface area contributed by atoms with Gasteiger partial charge in [0, 0.05) is 18.8 Å². The number of carbonyl (C=O) groups excluding carboxylic acids is 2. The average Bonchev–Trinajstić information content (AvgIpc) is 2.97. The van der Waals surface area contributed by atoms with Gasteiger partial charge < -0.3 is 19.5 Å². The molecule has 2 rings (SSSR count).